The van der Waals surface area contributed by atoms with Crippen LogP contribution in [0.4, 0.5) is 0 Å². The highest BCUT2D eigenvalue weighted by atomic mass is 35.5. The Morgan fingerprint density at radius 1 is 1.35 bits per heavy atom. The minimum absolute atomic E-state index is 0.223. The van der Waals surface area contributed by atoms with Crippen molar-refractivity contribution >= 4 is 50.9 Å². The largest absolute Gasteiger partial charge is 0.459 e. The molecule has 0 fully saturated rings. The fourth-order valence-corrected chi connectivity index (χ4v) is 4.40. The van der Waals surface area contributed by atoms with Gasteiger partial charge in [-0.2, -0.15) is 0 Å². The van der Waals surface area contributed by atoms with E-state index in [2.05, 4.69) is 16.9 Å². The highest BCUT2D eigenvalue weighted by molar-refractivity contribution is 7.99. The summed E-state index contributed by atoms with van der Waals surface area (Å²) in [6.07, 6.45) is 2.22. The average molecular weight is 375 g/mol. The summed E-state index contributed by atoms with van der Waals surface area (Å²) in [5.74, 6) is 0.577. The lowest BCUT2D eigenvalue weighted by molar-refractivity contribution is 0.0393. The smallest absolute Gasteiger partial charge is 0.348 e. The third-order valence-electron chi connectivity index (χ3n) is 3.16. The number of fused-ring (bicyclic) bond motifs is 1. The Morgan fingerprint density at radius 3 is 2.83 bits per heavy atom. The number of carbonyl (C=O) groups excluding carboxylic acids is 1. The number of thiophene rings is 1. The lowest BCUT2D eigenvalue weighted by Gasteiger charge is -2.03. The number of unbranched alkanes of at least 4 members (excludes halogenated alkanes) is 1. The van der Waals surface area contributed by atoms with E-state index in [0.29, 0.717) is 21.8 Å². The molecule has 5 nitrogen and oxygen atoms in total. The number of halogens is 1. The van der Waals surface area contributed by atoms with Crippen molar-refractivity contribution in [2.45, 2.75) is 31.8 Å². The van der Waals surface area contributed by atoms with Crippen LogP contribution in [0.2, 0.25) is 5.15 Å². The van der Waals surface area contributed by atoms with Gasteiger partial charge in [-0.3, -0.25) is 0 Å². The maximum atomic E-state index is 12.2. The molecule has 0 bridgehead atoms. The third kappa shape index (κ3) is 4.56. The van der Waals surface area contributed by atoms with E-state index in [1.807, 2.05) is 6.92 Å². The number of rotatable bonds is 8. The molecular formula is C15H19ClN2O3S2. The van der Waals surface area contributed by atoms with Crippen molar-refractivity contribution in [2.24, 2.45) is 0 Å². The van der Waals surface area contributed by atoms with Crippen molar-refractivity contribution in [1.29, 1.82) is 0 Å². The van der Waals surface area contributed by atoms with Gasteiger partial charge in [0, 0.05) is 12.9 Å². The van der Waals surface area contributed by atoms with Crippen LogP contribution in [-0.2, 0) is 9.47 Å². The molecule has 0 amide bonds. The van der Waals surface area contributed by atoms with Crippen molar-refractivity contribution in [2.75, 3.05) is 26.1 Å². The van der Waals surface area contributed by atoms with Crippen molar-refractivity contribution in [3.05, 3.63) is 15.6 Å². The van der Waals surface area contributed by atoms with E-state index in [1.54, 1.807) is 18.9 Å². The second kappa shape index (κ2) is 8.82. The molecule has 0 radical (unpaired) electrons. The zero-order valence-corrected chi connectivity index (χ0v) is 15.7. The maximum absolute atomic E-state index is 12.2. The van der Waals surface area contributed by atoms with Crippen molar-refractivity contribution in [1.82, 2.24) is 9.97 Å². The van der Waals surface area contributed by atoms with Gasteiger partial charge in [0.2, 0.25) is 0 Å². The van der Waals surface area contributed by atoms with Gasteiger partial charge in [-0.15, -0.1) is 11.3 Å². The van der Waals surface area contributed by atoms with Crippen LogP contribution in [0.5, 0.6) is 0 Å². The van der Waals surface area contributed by atoms with E-state index >= 15 is 0 Å². The maximum Gasteiger partial charge on any atom is 0.348 e. The predicted octanol–water partition coefficient (Wildman–Crippen LogP) is 4.35. The van der Waals surface area contributed by atoms with Crippen molar-refractivity contribution in [3.8, 4) is 0 Å². The SMILES string of the molecule is CCCCSc1nc(Cl)c2c(C)c(C(=O)OCCOC)sc2n1. The normalized spacial score (nSPS) is 11.1. The number of thioether (sulfide) groups is 1. The summed E-state index contributed by atoms with van der Waals surface area (Å²) in [5.41, 5.74) is 0.766. The van der Waals surface area contributed by atoms with E-state index in [0.717, 1.165) is 34.4 Å². The molecule has 0 aromatic carbocycles. The molecule has 0 unspecified atom stereocenters. The van der Waals surface area contributed by atoms with Crippen LogP contribution in [-0.4, -0.2) is 42.0 Å². The number of ether oxygens (including phenoxy) is 2. The van der Waals surface area contributed by atoms with Gasteiger partial charge in [-0.25, -0.2) is 14.8 Å². The molecule has 2 aromatic rings. The van der Waals surface area contributed by atoms with E-state index < -0.39 is 0 Å². The number of hydrogen-bond donors (Lipinski definition) is 0. The lowest BCUT2D eigenvalue weighted by Crippen LogP contribution is -2.09. The van der Waals surface area contributed by atoms with Gasteiger partial charge < -0.3 is 9.47 Å². The molecule has 0 aliphatic rings. The summed E-state index contributed by atoms with van der Waals surface area (Å²) < 4.78 is 10.1. The molecule has 0 spiro atoms. The highest BCUT2D eigenvalue weighted by Crippen LogP contribution is 2.35. The van der Waals surface area contributed by atoms with Gasteiger partial charge in [0.15, 0.2) is 5.16 Å². The Labute approximate surface area is 148 Å². The minimum atomic E-state index is -0.376. The zero-order chi connectivity index (χ0) is 16.8. The molecule has 0 aliphatic heterocycles. The zero-order valence-electron chi connectivity index (χ0n) is 13.3. The molecule has 23 heavy (non-hydrogen) atoms. The van der Waals surface area contributed by atoms with Crippen LogP contribution in [0.1, 0.15) is 35.0 Å². The van der Waals surface area contributed by atoms with E-state index in [-0.39, 0.29) is 12.6 Å². The first-order valence-corrected chi connectivity index (χ1v) is 9.52. The third-order valence-corrected chi connectivity index (χ3v) is 5.53. The molecular weight excluding hydrogens is 356 g/mol. The number of aromatic nitrogens is 2. The molecule has 0 aliphatic carbocycles. The Kier molecular flexibility index (Phi) is 7.08. The molecule has 0 saturated carbocycles. The Balaban J connectivity index is 2.25. The number of hydrogen-bond acceptors (Lipinski definition) is 7. The molecule has 2 rings (SSSR count). The summed E-state index contributed by atoms with van der Waals surface area (Å²) in [6, 6.07) is 0. The molecule has 8 heteroatoms. The Hall–Kier alpha value is -0.890. The lowest BCUT2D eigenvalue weighted by atomic mass is 10.2. The standard InChI is InChI=1S/C15H19ClN2O3S2/c1-4-5-8-22-15-17-12(16)10-9(2)11(23-13(10)18-15)14(19)21-7-6-20-3/h4-8H2,1-3H3. The number of nitrogens with zero attached hydrogens (tertiary/aromatic N) is 2. The summed E-state index contributed by atoms with van der Waals surface area (Å²) in [6.45, 7) is 4.57. The molecule has 0 saturated heterocycles. The number of methoxy groups -OCH3 is 1. The van der Waals surface area contributed by atoms with E-state index in [1.165, 1.54) is 11.3 Å². The first kappa shape index (κ1) is 18.4. The van der Waals surface area contributed by atoms with Gasteiger partial charge in [0.05, 0.1) is 12.0 Å². The van der Waals surface area contributed by atoms with Crippen LogP contribution in [0.15, 0.2) is 5.16 Å². The van der Waals surface area contributed by atoms with Crippen molar-refractivity contribution < 1.29 is 14.3 Å². The first-order chi connectivity index (χ1) is 11.1. The molecule has 2 heterocycles. The Bertz CT molecular complexity index is 691. The Morgan fingerprint density at radius 2 is 2.13 bits per heavy atom. The second-order valence-corrected chi connectivity index (χ2v) is 7.28. The average Bonchev–Trinajstić information content (AvgIpc) is 2.85. The molecule has 0 N–H and O–H groups in total. The van der Waals surface area contributed by atoms with Crippen LogP contribution >= 0.6 is 34.7 Å². The van der Waals surface area contributed by atoms with Gasteiger partial charge >= 0.3 is 5.97 Å². The summed E-state index contributed by atoms with van der Waals surface area (Å²) in [4.78, 5) is 22.2. The monoisotopic (exact) mass is 374 g/mol. The van der Waals surface area contributed by atoms with Gasteiger partial charge in [-0.1, -0.05) is 36.7 Å². The number of carbonyl (C=O) groups is 1. The summed E-state index contributed by atoms with van der Waals surface area (Å²) in [5, 5.41) is 1.77. The topological polar surface area (TPSA) is 61.3 Å². The highest BCUT2D eigenvalue weighted by Gasteiger charge is 2.21. The first-order valence-electron chi connectivity index (χ1n) is 7.34. The number of esters is 1. The van der Waals surface area contributed by atoms with Gasteiger partial charge in [0.1, 0.15) is 21.5 Å². The summed E-state index contributed by atoms with van der Waals surface area (Å²) in [7, 11) is 1.56. The van der Waals surface area contributed by atoms with E-state index in [4.69, 9.17) is 21.1 Å². The van der Waals surface area contributed by atoms with Crippen LogP contribution in [0, 0.1) is 6.92 Å². The molecule has 0 atom stereocenters. The quantitative estimate of drug-likeness (QED) is 0.225. The second-order valence-electron chi connectivity index (χ2n) is 4.86. The van der Waals surface area contributed by atoms with Gasteiger partial charge in [-0.05, 0) is 18.9 Å². The van der Waals surface area contributed by atoms with E-state index in [9.17, 15) is 4.79 Å². The number of aryl methyl sites for hydroxylation is 1. The minimum Gasteiger partial charge on any atom is -0.459 e. The van der Waals surface area contributed by atoms with Crippen LogP contribution in [0.25, 0.3) is 10.2 Å². The van der Waals surface area contributed by atoms with Crippen molar-refractivity contribution in [3.63, 3.8) is 0 Å². The predicted molar refractivity (Wildman–Crippen MR) is 95.0 cm³/mol. The summed E-state index contributed by atoms with van der Waals surface area (Å²) >= 11 is 9.17. The fourth-order valence-electron chi connectivity index (χ4n) is 1.92. The van der Waals surface area contributed by atoms with Crippen LogP contribution in [0.3, 0.4) is 0 Å². The van der Waals surface area contributed by atoms with Gasteiger partial charge in [0.25, 0.3) is 0 Å². The molecule has 126 valence electrons. The van der Waals surface area contributed by atoms with Crippen LogP contribution < -0.4 is 0 Å². The molecule has 2 aromatic heterocycles. The fraction of sp³-hybridized carbons (Fsp3) is 0.533.